The van der Waals surface area contributed by atoms with E-state index in [1.807, 2.05) is 0 Å². The van der Waals surface area contributed by atoms with Gasteiger partial charge in [-0.3, -0.25) is 4.72 Å². The number of sulfonamides is 1. The molecular weight excluding hydrogens is 293 g/mol. The van der Waals surface area contributed by atoms with E-state index < -0.39 is 15.8 Å². The van der Waals surface area contributed by atoms with Crippen molar-refractivity contribution in [3.05, 3.63) is 53.3 Å². The summed E-state index contributed by atoms with van der Waals surface area (Å²) < 4.78 is 39.3. The monoisotopic (exact) mass is 301 g/mol. The van der Waals surface area contributed by atoms with Crippen molar-refractivity contribution in [3.8, 4) is 5.75 Å². The smallest absolute Gasteiger partial charge is 0.261 e. The first-order chi connectivity index (χ1) is 8.87. The van der Waals surface area contributed by atoms with Crippen LogP contribution < -0.4 is 4.72 Å². The minimum Gasteiger partial charge on any atom is -0.508 e. The average Bonchev–Trinajstić information content (AvgIpc) is 2.27. The van der Waals surface area contributed by atoms with Crippen LogP contribution >= 0.6 is 11.6 Å². The standard InChI is InChI=1S/C12H9ClFNO3S/c13-8-5-9(14)7-10(6-8)15-19(17,18)12-3-1-11(16)2-4-12/h1-7,15-16H. The van der Waals surface area contributed by atoms with Crippen molar-refractivity contribution < 1.29 is 17.9 Å². The Morgan fingerprint density at radius 3 is 2.32 bits per heavy atom. The van der Waals surface area contributed by atoms with Crippen molar-refractivity contribution in [1.82, 2.24) is 0 Å². The summed E-state index contributed by atoms with van der Waals surface area (Å²) in [5.41, 5.74) is 0.0260. The lowest BCUT2D eigenvalue weighted by Gasteiger charge is -2.08. The number of anilines is 1. The Bertz CT molecular complexity index is 681. The Labute approximate surface area is 114 Å². The molecule has 0 saturated carbocycles. The molecule has 100 valence electrons. The second-order valence-corrected chi connectivity index (χ2v) is 5.88. The number of phenols is 1. The van der Waals surface area contributed by atoms with E-state index in [9.17, 15) is 12.8 Å². The first-order valence-corrected chi connectivity index (χ1v) is 7.01. The average molecular weight is 302 g/mol. The van der Waals surface area contributed by atoms with Gasteiger partial charge in [0.15, 0.2) is 0 Å². The molecule has 0 spiro atoms. The molecule has 0 atom stereocenters. The quantitative estimate of drug-likeness (QED) is 0.916. The van der Waals surface area contributed by atoms with Crippen molar-refractivity contribution in [1.29, 1.82) is 0 Å². The Morgan fingerprint density at radius 2 is 1.74 bits per heavy atom. The lowest BCUT2D eigenvalue weighted by molar-refractivity contribution is 0.475. The summed E-state index contributed by atoms with van der Waals surface area (Å²) in [4.78, 5) is -0.0503. The summed E-state index contributed by atoms with van der Waals surface area (Å²) in [6, 6.07) is 8.34. The fourth-order valence-electron chi connectivity index (χ4n) is 1.45. The van der Waals surface area contributed by atoms with Crippen LogP contribution in [0.15, 0.2) is 47.4 Å². The van der Waals surface area contributed by atoms with Gasteiger partial charge in [0.1, 0.15) is 11.6 Å². The maximum Gasteiger partial charge on any atom is 0.261 e. The number of hydrogen-bond donors (Lipinski definition) is 2. The van der Waals surface area contributed by atoms with Crippen LogP contribution in [-0.2, 0) is 10.0 Å². The molecule has 4 nitrogen and oxygen atoms in total. The van der Waals surface area contributed by atoms with Gasteiger partial charge in [-0.15, -0.1) is 0 Å². The second kappa shape index (κ2) is 5.07. The summed E-state index contributed by atoms with van der Waals surface area (Å²) >= 11 is 5.64. The molecular formula is C12H9ClFNO3S. The molecule has 2 aromatic rings. The van der Waals surface area contributed by atoms with Crippen molar-refractivity contribution in [3.63, 3.8) is 0 Å². The SMILES string of the molecule is O=S(=O)(Nc1cc(F)cc(Cl)c1)c1ccc(O)cc1. The molecule has 0 fully saturated rings. The van der Waals surface area contributed by atoms with Crippen LogP contribution in [0.2, 0.25) is 5.02 Å². The van der Waals surface area contributed by atoms with Crippen molar-refractivity contribution in [2.45, 2.75) is 4.90 Å². The lowest BCUT2D eigenvalue weighted by Crippen LogP contribution is -2.12. The zero-order valence-corrected chi connectivity index (χ0v) is 11.0. The van der Waals surface area contributed by atoms with E-state index in [0.717, 1.165) is 12.1 Å². The van der Waals surface area contributed by atoms with Gasteiger partial charge in [-0.05, 0) is 42.5 Å². The minimum absolute atomic E-state index is 0.0260. The van der Waals surface area contributed by atoms with Gasteiger partial charge in [0, 0.05) is 5.02 Å². The van der Waals surface area contributed by atoms with E-state index in [1.54, 1.807) is 0 Å². The van der Waals surface area contributed by atoms with Crippen LogP contribution in [-0.4, -0.2) is 13.5 Å². The van der Waals surface area contributed by atoms with Crippen molar-refractivity contribution >= 4 is 27.3 Å². The molecule has 0 aliphatic heterocycles. The number of phenolic OH excluding ortho intramolecular Hbond substituents is 1. The summed E-state index contributed by atoms with van der Waals surface area (Å²) in [6.07, 6.45) is 0. The minimum atomic E-state index is -3.85. The van der Waals surface area contributed by atoms with Gasteiger partial charge >= 0.3 is 0 Å². The molecule has 7 heteroatoms. The highest BCUT2D eigenvalue weighted by atomic mass is 35.5. The Kier molecular flexibility index (Phi) is 3.64. The van der Waals surface area contributed by atoms with Crippen LogP contribution in [0.25, 0.3) is 0 Å². The second-order valence-electron chi connectivity index (χ2n) is 3.76. The third-order valence-corrected chi connectivity index (χ3v) is 3.88. The van der Waals surface area contributed by atoms with Crippen LogP contribution in [0.4, 0.5) is 10.1 Å². The van der Waals surface area contributed by atoms with E-state index in [-0.39, 0.29) is 21.4 Å². The van der Waals surface area contributed by atoms with Gasteiger partial charge < -0.3 is 5.11 Å². The molecule has 0 amide bonds. The van der Waals surface area contributed by atoms with Gasteiger partial charge in [-0.1, -0.05) is 11.6 Å². The number of hydrogen-bond acceptors (Lipinski definition) is 3. The summed E-state index contributed by atoms with van der Waals surface area (Å²) in [5.74, 6) is -0.691. The summed E-state index contributed by atoms with van der Waals surface area (Å²) in [7, 11) is -3.85. The van der Waals surface area contributed by atoms with Crippen molar-refractivity contribution in [2.24, 2.45) is 0 Å². The first-order valence-electron chi connectivity index (χ1n) is 5.15. The third-order valence-electron chi connectivity index (χ3n) is 2.26. The fourth-order valence-corrected chi connectivity index (χ4v) is 2.71. The first kappa shape index (κ1) is 13.6. The third kappa shape index (κ3) is 3.36. The molecule has 2 aromatic carbocycles. The zero-order chi connectivity index (χ0) is 14.0. The van der Waals surface area contributed by atoms with Gasteiger partial charge in [0.2, 0.25) is 0 Å². The van der Waals surface area contributed by atoms with E-state index in [0.29, 0.717) is 0 Å². The van der Waals surface area contributed by atoms with Crippen LogP contribution in [0, 0.1) is 5.82 Å². The lowest BCUT2D eigenvalue weighted by atomic mass is 10.3. The van der Waals surface area contributed by atoms with Gasteiger partial charge in [-0.2, -0.15) is 0 Å². The van der Waals surface area contributed by atoms with Gasteiger partial charge in [0.05, 0.1) is 10.6 Å². The molecule has 0 aromatic heterocycles. The molecule has 0 unspecified atom stereocenters. The molecule has 0 bridgehead atoms. The normalized spacial score (nSPS) is 11.3. The summed E-state index contributed by atoms with van der Waals surface area (Å²) in [5, 5.41) is 9.19. The van der Waals surface area contributed by atoms with E-state index in [4.69, 9.17) is 16.7 Å². The van der Waals surface area contributed by atoms with Gasteiger partial charge in [-0.25, -0.2) is 12.8 Å². The van der Waals surface area contributed by atoms with Gasteiger partial charge in [0.25, 0.3) is 10.0 Å². The number of aromatic hydroxyl groups is 1. The number of halogens is 2. The Balaban J connectivity index is 2.33. The molecule has 2 rings (SSSR count). The topological polar surface area (TPSA) is 66.4 Å². The van der Waals surface area contributed by atoms with Crippen LogP contribution in [0.5, 0.6) is 5.75 Å². The van der Waals surface area contributed by atoms with E-state index >= 15 is 0 Å². The molecule has 19 heavy (non-hydrogen) atoms. The summed E-state index contributed by atoms with van der Waals surface area (Å²) in [6.45, 7) is 0. The highest BCUT2D eigenvalue weighted by Crippen LogP contribution is 2.22. The van der Waals surface area contributed by atoms with Crippen LogP contribution in [0.3, 0.4) is 0 Å². The maximum atomic E-state index is 13.1. The molecule has 0 aliphatic carbocycles. The Morgan fingerprint density at radius 1 is 1.11 bits per heavy atom. The van der Waals surface area contributed by atoms with E-state index in [2.05, 4.69) is 4.72 Å². The van der Waals surface area contributed by atoms with Crippen molar-refractivity contribution in [2.75, 3.05) is 4.72 Å². The number of nitrogens with one attached hydrogen (secondary N) is 1. The molecule has 2 N–H and O–H groups in total. The maximum absolute atomic E-state index is 13.1. The predicted molar refractivity (Wildman–Crippen MR) is 70.3 cm³/mol. The predicted octanol–water partition coefficient (Wildman–Crippen LogP) is 2.99. The van der Waals surface area contributed by atoms with Crippen LogP contribution in [0.1, 0.15) is 0 Å². The van der Waals surface area contributed by atoms with E-state index in [1.165, 1.54) is 30.3 Å². The molecule has 0 saturated heterocycles. The highest BCUT2D eigenvalue weighted by molar-refractivity contribution is 7.92. The number of benzene rings is 2. The zero-order valence-electron chi connectivity index (χ0n) is 9.47. The molecule has 0 aliphatic rings. The fraction of sp³-hybridized carbons (Fsp3) is 0. The molecule has 0 radical (unpaired) electrons. The number of rotatable bonds is 3. The Hall–Kier alpha value is -1.79. The molecule has 0 heterocycles. The largest absolute Gasteiger partial charge is 0.508 e. The highest BCUT2D eigenvalue weighted by Gasteiger charge is 2.14.